The van der Waals surface area contributed by atoms with Gasteiger partial charge in [0.2, 0.25) is 5.91 Å². The van der Waals surface area contributed by atoms with Crippen molar-refractivity contribution in [3.8, 4) is 17.1 Å². The normalized spacial score (nSPS) is 10.8. The fourth-order valence-corrected chi connectivity index (χ4v) is 4.20. The summed E-state index contributed by atoms with van der Waals surface area (Å²) in [6.45, 7) is 2.10. The van der Waals surface area contributed by atoms with E-state index in [9.17, 15) is 4.79 Å². The molecule has 1 N–H and O–H groups in total. The van der Waals surface area contributed by atoms with Gasteiger partial charge in [-0.05, 0) is 54.4 Å². The predicted molar refractivity (Wildman–Crippen MR) is 132 cm³/mol. The minimum absolute atomic E-state index is 0.113. The molecule has 0 spiro atoms. The van der Waals surface area contributed by atoms with Crippen molar-refractivity contribution in [2.45, 2.75) is 18.5 Å². The zero-order valence-electron chi connectivity index (χ0n) is 17.3. The van der Waals surface area contributed by atoms with Gasteiger partial charge in [0.1, 0.15) is 0 Å². The molecule has 0 atom stereocenters. The molecular formula is C24H20Cl2N4OS. The van der Waals surface area contributed by atoms with E-state index in [1.165, 1.54) is 17.3 Å². The van der Waals surface area contributed by atoms with Crippen LogP contribution in [0.4, 0.5) is 5.69 Å². The summed E-state index contributed by atoms with van der Waals surface area (Å²) in [6, 6.07) is 22.9. The number of carbonyl (C=O) groups excluding carboxylic acids is 1. The maximum absolute atomic E-state index is 12.5. The minimum Gasteiger partial charge on any atom is -0.325 e. The molecule has 4 aromatic rings. The summed E-state index contributed by atoms with van der Waals surface area (Å²) in [4.78, 5) is 12.5. The second-order valence-corrected chi connectivity index (χ2v) is 8.75. The molecule has 32 heavy (non-hydrogen) atoms. The number of aryl methyl sites for hydroxylation is 1. The number of hydrogen-bond donors (Lipinski definition) is 1. The van der Waals surface area contributed by atoms with Gasteiger partial charge in [-0.25, -0.2) is 0 Å². The van der Waals surface area contributed by atoms with Gasteiger partial charge in [-0.2, -0.15) is 0 Å². The summed E-state index contributed by atoms with van der Waals surface area (Å²) in [5.74, 6) is 0.702. The second-order valence-electron chi connectivity index (χ2n) is 6.99. The van der Waals surface area contributed by atoms with E-state index in [0.29, 0.717) is 21.0 Å². The highest BCUT2D eigenvalue weighted by molar-refractivity contribution is 7.99. The number of rotatable bonds is 7. The van der Waals surface area contributed by atoms with Crippen LogP contribution in [0, 0.1) is 0 Å². The average molecular weight is 483 g/mol. The van der Waals surface area contributed by atoms with Gasteiger partial charge in [-0.3, -0.25) is 9.36 Å². The van der Waals surface area contributed by atoms with Gasteiger partial charge in [0, 0.05) is 16.9 Å². The average Bonchev–Trinajstić information content (AvgIpc) is 3.24. The molecule has 0 saturated heterocycles. The summed E-state index contributed by atoms with van der Waals surface area (Å²) >= 11 is 13.6. The Labute approximate surface area is 200 Å². The molecule has 5 nitrogen and oxygen atoms in total. The third kappa shape index (κ3) is 5.15. The number of halogens is 2. The van der Waals surface area contributed by atoms with Gasteiger partial charge >= 0.3 is 0 Å². The van der Waals surface area contributed by atoms with Gasteiger partial charge in [0.15, 0.2) is 11.0 Å². The number of nitrogens with one attached hydrogen (secondary N) is 1. The largest absolute Gasteiger partial charge is 0.325 e. The minimum atomic E-state index is -0.113. The standard InChI is InChI=1S/C24H20Cl2N4OS/c1-2-16-8-11-18(12-9-16)27-22(31)15-32-24-29-28-23(17-10-13-20(25)21(26)14-17)30(24)19-6-4-3-5-7-19/h3-14H,2,15H2,1H3,(H,27,31). The van der Waals surface area contributed by atoms with Crippen molar-refractivity contribution in [1.29, 1.82) is 0 Å². The number of nitrogens with zero attached hydrogens (tertiary/aromatic N) is 3. The number of benzene rings is 3. The smallest absolute Gasteiger partial charge is 0.234 e. The molecule has 0 unspecified atom stereocenters. The van der Waals surface area contributed by atoms with Crippen LogP contribution >= 0.6 is 35.0 Å². The lowest BCUT2D eigenvalue weighted by Gasteiger charge is -2.11. The van der Waals surface area contributed by atoms with E-state index < -0.39 is 0 Å². The highest BCUT2D eigenvalue weighted by atomic mass is 35.5. The van der Waals surface area contributed by atoms with Gasteiger partial charge in [-0.15, -0.1) is 10.2 Å². The molecule has 0 fully saturated rings. The maximum Gasteiger partial charge on any atom is 0.234 e. The molecule has 8 heteroatoms. The molecule has 3 aromatic carbocycles. The number of thioether (sulfide) groups is 1. The molecule has 0 aliphatic heterocycles. The molecule has 162 valence electrons. The van der Waals surface area contributed by atoms with Gasteiger partial charge in [0.05, 0.1) is 15.8 Å². The highest BCUT2D eigenvalue weighted by Gasteiger charge is 2.18. The summed E-state index contributed by atoms with van der Waals surface area (Å²) < 4.78 is 1.91. The Hall–Kier alpha value is -2.80. The van der Waals surface area contributed by atoms with Crippen LogP contribution in [0.3, 0.4) is 0 Å². The van der Waals surface area contributed by atoms with Crippen LogP contribution in [-0.2, 0) is 11.2 Å². The number of anilines is 1. The Morgan fingerprint density at radius 2 is 1.72 bits per heavy atom. The number of carbonyl (C=O) groups is 1. The number of amides is 1. The second kappa shape index (κ2) is 10.2. The predicted octanol–water partition coefficient (Wildman–Crippen LogP) is 6.53. The lowest BCUT2D eigenvalue weighted by molar-refractivity contribution is -0.113. The molecule has 4 rings (SSSR count). The van der Waals surface area contributed by atoms with E-state index in [-0.39, 0.29) is 11.7 Å². The zero-order chi connectivity index (χ0) is 22.5. The highest BCUT2D eigenvalue weighted by Crippen LogP contribution is 2.31. The third-order valence-corrected chi connectivity index (χ3v) is 6.47. The van der Waals surface area contributed by atoms with Crippen LogP contribution < -0.4 is 5.32 Å². The molecular weight excluding hydrogens is 463 g/mol. The van der Waals surface area contributed by atoms with Crippen molar-refractivity contribution in [3.05, 3.63) is 88.4 Å². The van der Waals surface area contributed by atoms with E-state index >= 15 is 0 Å². The van der Waals surface area contributed by atoms with Crippen molar-refractivity contribution in [2.75, 3.05) is 11.1 Å². The molecule has 1 amide bonds. The summed E-state index contributed by atoms with van der Waals surface area (Å²) in [7, 11) is 0. The number of para-hydroxylation sites is 1. The van der Waals surface area contributed by atoms with Crippen LogP contribution in [0.2, 0.25) is 10.0 Å². The quantitative estimate of drug-likeness (QED) is 0.304. The monoisotopic (exact) mass is 482 g/mol. The van der Waals surface area contributed by atoms with Gasteiger partial charge < -0.3 is 5.32 Å². The van der Waals surface area contributed by atoms with Crippen LogP contribution in [0.1, 0.15) is 12.5 Å². The first-order chi connectivity index (χ1) is 15.5. The molecule has 0 saturated carbocycles. The maximum atomic E-state index is 12.5. The molecule has 0 aliphatic carbocycles. The van der Waals surface area contributed by atoms with E-state index in [2.05, 4.69) is 22.4 Å². The number of hydrogen-bond acceptors (Lipinski definition) is 4. The molecule has 0 radical (unpaired) electrons. The fraction of sp³-hybridized carbons (Fsp3) is 0.125. The van der Waals surface area contributed by atoms with Crippen LogP contribution in [-0.4, -0.2) is 26.4 Å². The molecule has 0 bridgehead atoms. The van der Waals surface area contributed by atoms with Gasteiger partial charge in [-0.1, -0.05) is 72.2 Å². The Bertz CT molecular complexity index is 1230. The van der Waals surface area contributed by atoms with Crippen LogP contribution in [0.15, 0.2) is 78.0 Å². The summed E-state index contributed by atoms with van der Waals surface area (Å²) in [5.41, 5.74) is 3.66. The van der Waals surface area contributed by atoms with Crippen molar-refractivity contribution in [3.63, 3.8) is 0 Å². The summed E-state index contributed by atoms with van der Waals surface area (Å²) in [5, 5.41) is 13.2. The topological polar surface area (TPSA) is 59.8 Å². The Balaban J connectivity index is 1.57. The Morgan fingerprint density at radius 1 is 0.969 bits per heavy atom. The summed E-state index contributed by atoms with van der Waals surface area (Å²) in [6.07, 6.45) is 0.959. The lowest BCUT2D eigenvalue weighted by Crippen LogP contribution is -2.14. The van der Waals surface area contributed by atoms with E-state index in [4.69, 9.17) is 23.2 Å². The number of aromatic nitrogens is 3. The Kier molecular flexibility index (Phi) is 7.15. The van der Waals surface area contributed by atoms with E-state index in [0.717, 1.165) is 23.4 Å². The first kappa shape index (κ1) is 22.4. The van der Waals surface area contributed by atoms with Crippen LogP contribution in [0.5, 0.6) is 0 Å². The van der Waals surface area contributed by atoms with Crippen molar-refractivity contribution >= 4 is 46.6 Å². The van der Waals surface area contributed by atoms with Crippen molar-refractivity contribution in [2.24, 2.45) is 0 Å². The first-order valence-electron chi connectivity index (χ1n) is 10.0. The van der Waals surface area contributed by atoms with Gasteiger partial charge in [0.25, 0.3) is 0 Å². The molecule has 0 aliphatic rings. The fourth-order valence-electron chi connectivity index (χ4n) is 3.15. The molecule has 1 heterocycles. The lowest BCUT2D eigenvalue weighted by atomic mass is 10.1. The van der Waals surface area contributed by atoms with Crippen LogP contribution in [0.25, 0.3) is 17.1 Å². The zero-order valence-corrected chi connectivity index (χ0v) is 19.6. The SMILES string of the molecule is CCc1ccc(NC(=O)CSc2nnc(-c3ccc(Cl)c(Cl)c3)n2-c2ccccc2)cc1. The third-order valence-electron chi connectivity index (χ3n) is 4.80. The van der Waals surface area contributed by atoms with E-state index in [1.54, 1.807) is 12.1 Å². The first-order valence-corrected chi connectivity index (χ1v) is 11.8. The Morgan fingerprint density at radius 3 is 2.41 bits per heavy atom. The molecule has 1 aromatic heterocycles. The van der Waals surface area contributed by atoms with Crippen molar-refractivity contribution < 1.29 is 4.79 Å². The van der Waals surface area contributed by atoms with E-state index in [1.807, 2.05) is 65.2 Å². The van der Waals surface area contributed by atoms with Crippen molar-refractivity contribution in [1.82, 2.24) is 14.8 Å².